The van der Waals surface area contributed by atoms with Crippen molar-refractivity contribution in [3.63, 3.8) is 0 Å². The number of hydrogen-bond donors (Lipinski definition) is 0. The maximum atomic E-state index is 2.73. The highest BCUT2D eigenvalue weighted by atomic mass is 15.2. The van der Waals surface area contributed by atoms with Crippen LogP contribution in [0.15, 0.2) is 315 Å². The molecule has 0 saturated carbocycles. The molecule has 0 aromatic heterocycles. The van der Waals surface area contributed by atoms with Crippen molar-refractivity contribution in [1.29, 1.82) is 0 Å². The molecule has 4 aliphatic rings. The van der Waals surface area contributed by atoms with Crippen molar-refractivity contribution in [3.05, 3.63) is 327 Å². The average Bonchev–Trinajstić information content (AvgIpc) is 0.662. The van der Waals surface area contributed by atoms with Gasteiger partial charge in [-0.2, -0.15) is 0 Å². The fraction of sp³-hybridized carbons (Fsp3) is 0.0833. The Morgan fingerprint density at radius 1 is 0.230 bits per heavy atom. The molecule has 100 heavy (non-hydrogen) atoms. The Kier molecular flexibility index (Phi) is 12.8. The number of para-hydroxylation sites is 4. The van der Waals surface area contributed by atoms with Crippen molar-refractivity contribution in [2.24, 2.45) is 0 Å². The van der Waals surface area contributed by atoms with Gasteiger partial charge in [0, 0.05) is 34.1 Å². The van der Waals surface area contributed by atoms with Gasteiger partial charge in [-0.3, -0.25) is 0 Å². The summed E-state index contributed by atoms with van der Waals surface area (Å²) in [6, 6.07) is 121. The average molecular weight is 1270 g/mol. The van der Waals surface area contributed by atoms with E-state index in [2.05, 4.69) is 367 Å². The zero-order chi connectivity index (χ0) is 66.9. The van der Waals surface area contributed by atoms with Crippen molar-refractivity contribution >= 4 is 113 Å². The summed E-state index contributed by atoms with van der Waals surface area (Å²) in [7, 11) is 0. The number of nitrogens with zero attached hydrogens (tertiary/aromatic N) is 2. The lowest BCUT2D eigenvalue weighted by molar-refractivity contribution is 0.590. The van der Waals surface area contributed by atoms with Crippen LogP contribution in [0.3, 0.4) is 0 Å². The maximum absolute atomic E-state index is 2.73. The molecular formula is C96H70B2N2. The third kappa shape index (κ3) is 8.59. The summed E-state index contributed by atoms with van der Waals surface area (Å²) in [6.45, 7) is 14.1. The molecule has 0 unspecified atom stereocenters. The largest absolute Gasteiger partial charge is 0.311 e. The molecule has 4 aliphatic heterocycles. The Morgan fingerprint density at radius 2 is 0.540 bits per heavy atom. The first-order valence-electron chi connectivity index (χ1n) is 35.5. The normalized spacial score (nSPS) is 13.2. The molecule has 16 aromatic carbocycles. The van der Waals surface area contributed by atoms with Crippen molar-refractivity contribution < 1.29 is 0 Å². The van der Waals surface area contributed by atoms with Gasteiger partial charge >= 0.3 is 0 Å². The van der Waals surface area contributed by atoms with Crippen LogP contribution in [-0.2, 0) is 10.8 Å². The van der Waals surface area contributed by atoms with Crippen LogP contribution in [0.2, 0.25) is 0 Å². The third-order valence-corrected chi connectivity index (χ3v) is 22.5. The van der Waals surface area contributed by atoms with Crippen LogP contribution >= 0.6 is 0 Å². The molecule has 4 heterocycles. The topological polar surface area (TPSA) is 6.48 Å². The summed E-state index contributed by atoms with van der Waals surface area (Å²) in [5, 5.41) is 7.85. The molecule has 0 aliphatic carbocycles. The van der Waals surface area contributed by atoms with Gasteiger partial charge in [-0.1, -0.05) is 307 Å². The first-order valence-corrected chi connectivity index (χ1v) is 35.5. The van der Waals surface area contributed by atoms with E-state index in [0.29, 0.717) is 0 Å². The molecule has 0 amide bonds. The van der Waals surface area contributed by atoms with E-state index in [-0.39, 0.29) is 24.3 Å². The lowest BCUT2D eigenvalue weighted by Gasteiger charge is -2.43. The highest BCUT2D eigenvalue weighted by molar-refractivity contribution is 7.02. The lowest BCUT2D eigenvalue weighted by Crippen LogP contribution is -2.60. The van der Waals surface area contributed by atoms with Crippen molar-refractivity contribution in [2.75, 3.05) is 9.80 Å². The molecule has 0 fully saturated rings. The maximum Gasteiger partial charge on any atom is 0.248 e. The van der Waals surface area contributed by atoms with E-state index in [1.54, 1.807) is 0 Å². The number of benzene rings is 16. The van der Waals surface area contributed by atoms with E-state index < -0.39 is 0 Å². The fourth-order valence-electron chi connectivity index (χ4n) is 18.0. The van der Waals surface area contributed by atoms with Crippen molar-refractivity contribution in [3.8, 4) is 89.0 Å². The zero-order valence-electron chi connectivity index (χ0n) is 57.1. The fourth-order valence-corrected chi connectivity index (χ4v) is 18.0. The van der Waals surface area contributed by atoms with E-state index in [0.717, 1.165) is 11.4 Å². The molecule has 0 N–H and O–H groups in total. The van der Waals surface area contributed by atoms with E-state index in [1.807, 2.05) is 0 Å². The molecule has 0 atom stereocenters. The molecule has 2 nitrogen and oxygen atoms in total. The second kappa shape index (κ2) is 21.9. The predicted octanol–water partition coefficient (Wildman–Crippen LogP) is 21.7. The van der Waals surface area contributed by atoms with Gasteiger partial charge in [0.15, 0.2) is 0 Å². The highest BCUT2D eigenvalue weighted by Gasteiger charge is 2.47. The minimum absolute atomic E-state index is 0.124. The van der Waals surface area contributed by atoms with Crippen LogP contribution in [0.25, 0.3) is 121 Å². The van der Waals surface area contributed by atoms with Crippen molar-refractivity contribution in [2.45, 2.75) is 52.4 Å². The first kappa shape index (κ1) is 58.4. The van der Waals surface area contributed by atoms with Gasteiger partial charge in [-0.25, -0.2) is 0 Å². The quantitative estimate of drug-likeness (QED) is 0.111. The van der Waals surface area contributed by atoms with Crippen LogP contribution < -0.4 is 42.6 Å². The minimum Gasteiger partial charge on any atom is -0.311 e. The first-order chi connectivity index (χ1) is 48.9. The Morgan fingerprint density at radius 3 is 0.870 bits per heavy atom. The molecule has 0 radical (unpaired) electrons. The van der Waals surface area contributed by atoms with Gasteiger partial charge in [-0.05, 0) is 226 Å². The molecule has 470 valence electrons. The SMILES string of the molecule is CC(C)(C)c1cc2c3c(c1)N(c1ccccc1)c1ccccc1B3c1cc3c(-c4c(-c5ccccc5)cccc4-c4ccccc4)cc4c5c(cc6c(-c7c(-c8ccccc8)cccc7-c7ccccc7)cc-2c1c6c35)B1c2ccccc2N(c2ccccc2)c2cc(C(C)(C)C)cc-4c21. The zero-order valence-corrected chi connectivity index (χ0v) is 57.1. The molecule has 4 heteroatoms. The Hall–Kier alpha value is -11.7. The molecule has 0 spiro atoms. The molecule has 20 rings (SSSR count). The van der Waals surface area contributed by atoms with Gasteiger partial charge in [0.2, 0.25) is 13.4 Å². The van der Waals surface area contributed by atoms with Gasteiger partial charge in [0.25, 0.3) is 0 Å². The van der Waals surface area contributed by atoms with Gasteiger partial charge < -0.3 is 9.80 Å². The Balaban J connectivity index is 1.06. The van der Waals surface area contributed by atoms with Gasteiger partial charge in [-0.15, -0.1) is 0 Å². The van der Waals surface area contributed by atoms with Gasteiger partial charge in [0.1, 0.15) is 0 Å². The van der Waals surface area contributed by atoms with E-state index in [4.69, 9.17) is 0 Å². The summed E-state index contributed by atoms with van der Waals surface area (Å²) in [5.41, 5.74) is 37.0. The summed E-state index contributed by atoms with van der Waals surface area (Å²) < 4.78 is 0. The predicted molar refractivity (Wildman–Crippen MR) is 430 cm³/mol. The van der Waals surface area contributed by atoms with E-state index in [1.165, 1.54) is 188 Å². The number of anilines is 6. The molecular weight excluding hydrogens is 1200 g/mol. The minimum atomic E-state index is -0.198. The summed E-state index contributed by atoms with van der Waals surface area (Å²) in [4.78, 5) is 5.16. The van der Waals surface area contributed by atoms with E-state index in [9.17, 15) is 0 Å². The summed E-state index contributed by atoms with van der Waals surface area (Å²) in [5.74, 6) is 0. The lowest BCUT2D eigenvalue weighted by atomic mass is 9.31. The van der Waals surface area contributed by atoms with Crippen LogP contribution in [0.1, 0.15) is 52.7 Å². The summed E-state index contributed by atoms with van der Waals surface area (Å²) in [6.07, 6.45) is 0. The molecule has 0 bridgehead atoms. The van der Waals surface area contributed by atoms with Gasteiger partial charge in [0.05, 0.1) is 0 Å². The second-order valence-corrected chi connectivity index (χ2v) is 30.1. The van der Waals surface area contributed by atoms with Crippen LogP contribution in [0, 0.1) is 0 Å². The van der Waals surface area contributed by atoms with Crippen LogP contribution in [0.4, 0.5) is 34.1 Å². The second-order valence-electron chi connectivity index (χ2n) is 30.1. The van der Waals surface area contributed by atoms with Crippen molar-refractivity contribution in [1.82, 2.24) is 0 Å². The smallest absolute Gasteiger partial charge is 0.248 e. The number of rotatable bonds is 8. The Labute approximate surface area is 586 Å². The monoisotopic (exact) mass is 1270 g/mol. The Bertz CT molecular complexity index is 5540. The van der Waals surface area contributed by atoms with Crippen LogP contribution in [0.5, 0.6) is 0 Å². The molecule has 16 aromatic rings. The molecule has 0 saturated heterocycles. The third-order valence-electron chi connectivity index (χ3n) is 22.5. The van der Waals surface area contributed by atoms with E-state index >= 15 is 0 Å². The highest BCUT2D eigenvalue weighted by Crippen LogP contribution is 2.56. The summed E-state index contributed by atoms with van der Waals surface area (Å²) >= 11 is 0. The number of hydrogen-bond acceptors (Lipinski definition) is 2. The number of fused-ring (bicyclic) bond motifs is 8. The van der Waals surface area contributed by atoms with Crippen LogP contribution in [-0.4, -0.2) is 13.4 Å². The standard InChI is InChI=1S/C96H70B2N2/c1-95(2,3)63-51-77-73-55-71(87-67(59-31-13-7-14-32-59)43-29-44-68(87)60-33-15-8-16-34-60)75-58-82-90-74(78-52-64(96(4,5)6)54-86-94(78)98(82)80-48-26-28-50-84(80)100(86)66-41-23-12-24-42-66)56-72(88-69(61-35-17-9-18-36-61)45-30-46-70(88)62-37-19-10-20-38-62)76-57-81(89(73)91(75)92(76)90)97-79-47-25-27-49-83(79)99(85(53-63)93(77)97)65-39-21-11-22-40-65/h7-58H,1-6H3.